The lowest BCUT2D eigenvalue weighted by Crippen LogP contribution is -2.25. The highest BCUT2D eigenvalue weighted by Crippen LogP contribution is 2.23. The molecule has 112 valence electrons. The maximum atomic E-state index is 12.1. The summed E-state index contributed by atoms with van der Waals surface area (Å²) in [5.74, 6) is -0.476. The molecule has 0 spiro atoms. The first-order valence-electron chi connectivity index (χ1n) is 6.38. The molecule has 0 aliphatic rings. The predicted molar refractivity (Wildman–Crippen MR) is 80.2 cm³/mol. The quantitative estimate of drug-likeness (QED) is 0.597. The van der Waals surface area contributed by atoms with Gasteiger partial charge in [0.2, 0.25) is 10.0 Å². The number of benzene rings is 1. The first-order chi connectivity index (χ1) is 9.42. The highest BCUT2D eigenvalue weighted by atomic mass is 79.9. The molecule has 1 rings (SSSR count). The first-order valence-corrected chi connectivity index (χ1v) is 8.66. The van der Waals surface area contributed by atoms with E-state index < -0.39 is 16.0 Å². The molecular formula is C13H18BrNO4S. The van der Waals surface area contributed by atoms with E-state index in [0.717, 1.165) is 12.8 Å². The third kappa shape index (κ3) is 4.57. The van der Waals surface area contributed by atoms with Crippen molar-refractivity contribution in [3.05, 3.63) is 28.2 Å². The Morgan fingerprint density at radius 2 is 2.05 bits per heavy atom. The minimum absolute atomic E-state index is 0.113. The molecule has 0 bridgehead atoms. The molecule has 7 heteroatoms. The van der Waals surface area contributed by atoms with Gasteiger partial charge in [0.15, 0.2) is 0 Å². The molecule has 1 aromatic carbocycles. The normalized spacial score (nSPS) is 11.3. The van der Waals surface area contributed by atoms with Crippen LogP contribution in [0.3, 0.4) is 0 Å². The topological polar surface area (TPSA) is 72.5 Å². The van der Waals surface area contributed by atoms with Gasteiger partial charge < -0.3 is 4.74 Å². The van der Waals surface area contributed by atoms with Crippen molar-refractivity contribution in [2.24, 2.45) is 0 Å². The van der Waals surface area contributed by atoms with Crippen LogP contribution in [0.5, 0.6) is 0 Å². The SMILES string of the molecule is CCCCNS(=O)(=O)c1ccc(C(=O)OCC)cc1Br. The number of rotatable bonds is 7. The maximum Gasteiger partial charge on any atom is 0.338 e. The van der Waals surface area contributed by atoms with E-state index in [0.29, 0.717) is 16.6 Å². The van der Waals surface area contributed by atoms with Crippen LogP contribution in [0.15, 0.2) is 27.6 Å². The van der Waals surface area contributed by atoms with E-state index in [-0.39, 0.29) is 11.5 Å². The van der Waals surface area contributed by atoms with Crippen LogP contribution >= 0.6 is 15.9 Å². The minimum atomic E-state index is -3.57. The van der Waals surface area contributed by atoms with Gasteiger partial charge in [-0.25, -0.2) is 17.9 Å². The fourth-order valence-electron chi connectivity index (χ4n) is 1.52. The summed E-state index contributed by atoms with van der Waals surface area (Å²) < 4.78 is 31.9. The molecule has 5 nitrogen and oxygen atoms in total. The van der Waals surface area contributed by atoms with E-state index in [4.69, 9.17) is 4.74 Å². The molecule has 1 N–H and O–H groups in total. The summed E-state index contributed by atoms with van der Waals surface area (Å²) in [7, 11) is -3.57. The first kappa shape index (κ1) is 17.1. The Kier molecular flexibility index (Phi) is 6.64. The lowest BCUT2D eigenvalue weighted by molar-refractivity contribution is 0.0526. The van der Waals surface area contributed by atoms with Crippen molar-refractivity contribution < 1.29 is 17.9 Å². The molecule has 0 saturated heterocycles. The Hall–Kier alpha value is -0.920. The van der Waals surface area contributed by atoms with Crippen molar-refractivity contribution in [3.63, 3.8) is 0 Å². The minimum Gasteiger partial charge on any atom is -0.462 e. The Balaban J connectivity index is 2.95. The molecule has 0 saturated carbocycles. The van der Waals surface area contributed by atoms with Gasteiger partial charge in [-0.3, -0.25) is 0 Å². The third-order valence-electron chi connectivity index (χ3n) is 2.55. The number of nitrogens with one attached hydrogen (secondary N) is 1. The number of hydrogen-bond acceptors (Lipinski definition) is 4. The zero-order chi connectivity index (χ0) is 15.2. The number of unbranched alkanes of at least 4 members (excludes halogenated alkanes) is 1. The Morgan fingerprint density at radius 3 is 2.60 bits per heavy atom. The molecule has 0 aromatic heterocycles. The van der Waals surface area contributed by atoms with E-state index in [9.17, 15) is 13.2 Å². The molecule has 0 fully saturated rings. The number of carbonyl (C=O) groups is 1. The van der Waals surface area contributed by atoms with Crippen molar-refractivity contribution in [2.45, 2.75) is 31.6 Å². The van der Waals surface area contributed by atoms with E-state index >= 15 is 0 Å². The van der Waals surface area contributed by atoms with Gasteiger partial charge in [-0.15, -0.1) is 0 Å². The highest BCUT2D eigenvalue weighted by Gasteiger charge is 2.18. The van der Waals surface area contributed by atoms with Crippen molar-refractivity contribution in [1.29, 1.82) is 0 Å². The third-order valence-corrected chi connectivity index (χ3v) is 4.99. The smallest absolute Gasteiger partial charge is 0.338 e. The van der Waals surface area contributed by atoms with Crippen LogP contribution in [0, 0.1) is 0 Å². The lowest BCUT2D eigenvalue weighted by atomic mass is 10.2. The van der Waals surface area contributed by atoms with E-state index in [1.54, 1.807) is 6.92 Å². The van der Waals surface area contributed by atoms with Crippen LogP contribution in [0.2, 0.25) is 0 Å². The van der Waals surface area contributed by atoms with E-state index in [1.165, 1.54) is 18.2 Å². The second-order valence-electron chi connectivity index (χ2n) is 4.12. The van der Waals surface area contributed by atoms with Gasteiger partial charge in [0.05, 0.1) is 17.1 Å². The van der Waals surface area contributed by atoms with Gasteiger partial charge in [-0.2, -0.15) is 0 Å². The molecule has 20 heavy (non-hydrogen) atoms. The number of halogens is 1. The molecule has 1 aromatic rings. The highest BCUT2D eigenvalue weighted by molar-refractivity contribution is 9.10. The van der Waals surface area contributed by atoms with Gasteiger partial charge in [0.25, 0.3) is 0 Å². The van der Waals surface area contributed by atoms with Crippen LogP contribution < -0.4 is 4.72 Å². The van der Waals surface area contributed by atoms with E-state index in [1.807, 2.05) is 6.92 Å². The van der Waals surface area contributed by atoms with Gasteiger partial charge in [0.1, 0.15) is 0 Å². The van der Waals surface area contributed by atoms with Crippen molar-refractivity contribution >= 4 is 31.9 Å². The molecule has 0 radical (unpaired) electrons. The van der Waals surface area contributed by atoms with Gasteiger partial charge >= 0.3 is 5.97 Å². The van der Waals surface area contributed by atoms with Gasteiger partial charge in [-0.05, 0) is 47.5 Å². The van der Waals surface area contributed by atoms with Crippen molar-refractivity contribution in [2.75, 3.05) is 13.2 Å². The molecule has 0 aliphatic heterocycles. The average molecular weight is 364 g/mol. The monoisotopic (exact) mass is 363 g/mol. The summed E-state index contributed by atoms with van der Waals surface area (Å²) >= 11 is 3.18. The number of sulfonamides is 1. The summed E-state index contributed by atoms with van der Waals surface area (Å²) in [6, 6.07) is 4.29. The molecule has 0 aliphatic carbocycles. The van der Waals surface area contributed by atoms with Crippen LogP contribution in [-0.2, 0) is 14.8 Å². The number of carbonyl (C=O) groups excluding carboxylic acids is 1. The Labute approximate surface area is 127 Å². The van der Waals surface area contributed by atoms with Crippen LogP contribution in [0.4, 0.5) is 0 Å². The number of hydrogen-bond donors (Lipinski definition) is 1. The summed E-state index contributed by atoms with van der Waals surface area (Å²) in [5, 5.41) is 0. The van der Waals surface area contributed by atoms with Crippen LogP contribution in [0.25, 0.3) is 0 Å². The van der Waals surface area contributed by atoms with Crippen molar-refractivity contribution in [1.82, 2.24) is 4.72 Å². The summed E-state index contributed by atoms with van der Waals surface area (Å²) in [4.78, 5) is 11.7. The number of ether oxygens (including phenoxy) is 1. The molecule has 0 unspecified atom stereocenters. The summed E-state index contributed by atoms with van der Waals surface area (Å²) in [5.41, 5.74) is 0.311. The van der Waals surface area contributed by atoms with Crippen molar-refractivity contribution in [3.8, 4) is 0 Å². The molecular weight excluding hydrogens is 346 g/mol. The molecule has 0 amide bonds. The average Bonchev–Trinajstić information content (AvgIpc) is 2.38. The fourth-order valence-corrected chi connectivity index (χ4v) is 3.67. The largest absolute Gasteiger partial charge is 0.462 e. The van der Waals surface area contributed by atoms with Crippen LogP contribution in [0.1, 0.15) is 37.0 Å². The lowest BCUT2D eigenvalue weighted by Gasteiger charge is -2.09. The fraction of sp³-hybridized carbons (Fsp3) is 0.462. The molecule has 0 heterocycles. The van der Waals surface area contributed by atoms with Gasteiger partial charge in [0, 0.05) is 11.0 Å². The zero-order valence-corrected chi connectivity index (χ0v) is 13.9. The molecule has 0 atom stereocenters. The predicted octanol–water partition coefficient (Wildman–Crippen LogP) is 2.70. The second kappa shape index (κ2) is 7.75. The number of esters is 1. The standard InChI is InChI=1S/C13H18BrNO4S/c1-3-5-8-15-20(17,18)12-7-6-10(9-11(12)14)13(16)19-4-2/h6-7,9,15H,3-5,8H2,1-2H3. The Morgan fingerprint density at radius 1 is 1.35 bits per heavy atom. The second-order valence-corrected chi connectivity index (χ2v) is 6.71. The Bertz CT molecular complexity index is 572. The summed E-state index contributed by atoms with van der Waals surface area (Å²) in [6.07, 6.45) is 1.68. The van der Waals surface area contributed by atoms with E-state index in [2.05, 4.69) is 20.7 Å². The zero-order valence-electron chi connectivity index (χ0n) is 11.5. The summed E-state index contributed by atoms with van der Waals surface area (Å²) in [6.45, 7) is 4.36. The van der Waals surface area contributed by atoms with Gasteiger partial charge in [-0.1, -0.05) is 13.3 Å². The van der Waals surface area contributed by atoms with Crippen LogP contribution in [-0.4, -0.2) is 27.5 Å². The maximum absolute atomic E-state index is 12.1.